The number of anilines is 2. The molecule has 1 aromatic rings. The molecule has 0 spiro atoms. The molecule has 0 fully saturated rings. The first-order valence-electron chi connectivity index (χ1n) is 2.82. The summed E-state index contributed by atoms with van der Waals surface area (Å²) in [6.45, 7) is 1.94. The number of halogens is 4. The summed E-state index contributed by atoms with van der Waals surface area (Å²) in [5, 5.41) is 0. The van der Waals surface area contributed by atoms with Gasteiger partial charge in [0.05, 0.1) is 0 Å². The molecule has 0 saturated carbocycles. The van der Waals surface area contributed by atoms with Gasteiger partial charge in [-0.3, -0.25) is 0 Å². The van der Waals surface area contributed by atoms with E-state index in [4.69, 9.17) is 11.5 Å². The van der Waals surface area contributed by atoms with E-state index >= 15 is 0 Å². The van der Waals surface area contributed by atoms with E-state index in [1.54, 1.807) is 6.07 Å². The van der Waals surface area contributed by atoms with E-state index in [0.717, 1.165) is 16.9 Å². The van der Waals surface area contributed by atoms with Crippen molar-refractivity contribution in [3.63, 3.8) is 0 Å². The largest absolute Gasteiger partial charge is 0.399 e. The van der Waals surface area contributed by atoms with Crippen molar-refractivity contribution >= 4 is 61.0 Å². The molecule has 0 radical (unpaired) electrons. The van der Waals surface area contributed by atoms with Gasteiger partial charge in [-0.1, -0.05) is 0 Å². The zero-order valence-electron chi connectivity index (χ0n) is 7.02. The maximum atomic E-state index is 5.53. The van der Waals surface area contributed by atoms with E-state index in [2.05, 4.69) is 0 Å². The SMILES string of the molecule is Cc1cc(N)ccc1N.Cl.Cl.Cl.Cl. The molecule has 0 heterocycles. The molecule has 6 heteroatoms. The van der Waals surface area contributed by atoms with Crippen LogP contribution in [-0.2, 0) is 0 Å². The van der Waals surface area contributed by atoms with E-state index in [-0.39, 0.29) is 49.6 Å². The maximum Gasteiger partial charge on any atom is 0.0345 e. The minimum absolute atomic E-state index is 0. The van der Waals surface area contributed by atoms with Crippen LogP contribution in [-0.4, -0.2) is 0 Å². The highest BCUT2D eigenvalue weighted by atomic mass is 35.5. The second-order valence-electron chi connectivity index (χ2n) is 2.12. The van der Waals surface area contributed by atoms with Gasteiger partial charge in [-0.05, 0) is 30.7 Å². The fourth-order valence-corrected chi connectivity index (χ4v) is 0.699. The van der Waals surface area contributed by atoms with E-state index in [0.29, 0.717) is 0 Å². The van der Waals surface area contributed by atoms with E-state index in [9.17, 15) is 0 Å². The van der Waals surface area contributed by atoms with Gasteiger partial charge in [-0.25, -0.2) is 0 Å². The molecule has 80 valence electrons. The summed E-state index contributed by atoms with van der Waals surface area (Å²) in [7, 11) is 0. The summed E-state index contributed by atoms with van der Waals surface area (Å²) < 4.78 is 0. The number of rotatable bonds is 0. The summed E-state index contributed by atoms with van der Waals surface area (Å²) in [6, 6.07) is 5.46. The Kier molecular flexibility index (Phi) is 17.9. The smallest absolute Gasteiger partial charge is 0.0345 e. The van der Waals surface area contributed by atoms with E-state index in [1.807, 2.05) is 19.1 Å². The van der Waals surface area contributed by atoms with Gasteiger partial charge in [0.25, 0.3) is 0 Å². The van der Waals surface area contributed by atoms with Crippen molar-refractivity contribution in [1.29, 1.82) is 0 Å². The molecule has 0 unspecified atom stereocenters. The van der Waals surface area contributed by atoms with Crippen molar-refractivity contribution in [3.05, 3.63) is 23.8 Å². The first-order valence-corrected chi connectivity index (χ1v) is 2.82. The predicted molar refractivity (Wildman–Crippen MR) is 69.0 cm³/mol. The van der Waals surface area contributed by atoms with Crippen LogP contribution in [0.5, 0.6) is 0 Å². The van der Waals surface area contributed by atoms with Gasteiger partial charge in [0.2, 0.25) is 0 Å². The second kappa shape index (κ2) is 10.1. The zero-order valence-corrected chi connectivity index (χ0v) is 10.3. The van der Waals surface area contributed by atoms with Crippen molar-refractivity contribution in [3.8, 4) is 0 Å². The topological polar surface area (TPSA) is 52.0 Å². The average Bonchev–Trinajstić information content (AvgIpc) is 1.80. The van der Waals surface area contributed by atoms with Crippen molar-refractivity contribution in [1.82, 2.24) is 0 Å². The minimum Gasteiger partial charge on any atom is -0.399 e. The molecule has 0 amide bonds. The van der Waals surface area contributed by atoms with Crippen LogP contribution in [0.3, 0.4) is 0 Å². The van der Waals surface area contributed by atoms with Crippen molar-refractivity contribution in [2.24, 2.45) is 0 Å². The summed E-state index contributed by atoms with van der Waals surface area (Å²) in [5.41, 5.74) is 13.6. The normalized spacial score (nSPS) is 6.54. The van der Waals surface area contributed by atoms with Gasteiger partial charge in [0, 0.05) is 11.4 Å². The first-order chi connectivity index (χ1) is 4.20. The van der Waals surface area contributed by atoms with Crippen LogP contribution in [0.15, 0.2) is 18.2 Å². The van der Waals surface area contributed by atoms with Crippen LogP contribution in [0, 0.1) is 6.92 Å². The average molecular weight is 268 g/mol. The molecule has 1 aromatic carbocycles. The number of hydrogen-bond acceptors (Lipinski definition) is 2. The Morgan fingerprint density at radius 2 is 1.38 bits per heavy atom. The van der Waals surface area contributed by atoms with Crippen LogP contribution in [0.2, 0.25) is 0 Å². The lowest BCUT2D eigenvalue weighted by atomic mass is 10.2. The highest BCUT2D eigenvalue weighted by molar-refractivity contribution is 5.86. The lowest BCUT2D eigenvalue weighted by Crippen LogP contribution is -1.91. The van der Waals surface area contributed by atoms with Crippen LogP contribution in [0.4, 0.5) is 11.4 Å². The zero-order chi connectivity index (χ0) is 6.85. The highest BCUT2D eigenvalue weighted by Gasteiger charge is 1.90. The molecule has 0 aliphatic heterocycles. The fraction of sp³-hybridized carbons (Fsp3) is 0.143. The summed E-state index contributed by atoms with van der Waals surface area (Å²) in [5.74, 6) is 0. The monoisotopic (exact) mass is 266 g/mol. The van der Waals surface area contributed by atoms with Crippen LogP contribution >= 0.6 is 49.6 Å². The van der Waals surface area contributed by atoms with Crippen LogP contribution in [0.25, 0.3) is 0 Å². The summed E-state index contributed by atoms with van der Waals surface area (Å²) in [4.78, 5) is 0. The third-order valence-electron chi connectivity index (χ3n) is 1.29. The third kappa shape index (κ3) is 7.08. The number of hydrogen-bond donors (Lipinski definition) is 2. The first kappa shape index (κ1) is 23.1. The quantitative estimate of drug-likeness (QED) is 0.711. The Hall–Kier alpha value is -0.0200. The van der Waals surface area contributed by atoms with Crippen LogP contribution < -0.4 is 11.5 Å². The van der Waals surface area contributed by atoms with Gasteiger partial charge >= 0.3 is 0 Å². The molecular weight excluding hydrogens is 254 g/mol. The minimum atomic E-state index is 0. The van der Waals surface area contributed by atoms with Gasteiger partial charge < -0.3 is 11.5 Å². The summed E-state index contributed by atoms with van der Waals surface area (Å²) in [6.07, 6.45) is 0. The van der Waals surface area contributed by atoms with Gasteiger partial charge in [0.15, 0.2) is 0 Å². The second-order valence-corrected chi connectivity index (χ2v) is 2.12. The highest BCUT2D eigenvalue weighted by Crippen LogP contribution is 2.12. The Labute approximate surface area is 103 Å². The standard InChI is InChI=1S/C7H10N2.4ClH/c1-5-4-6(8)2-3-7(5)9;;;;/h2-4H,8-9H2,1H3;4*1H. The van der Waals surface area contributed by atoms with Gasteiger partial charge in [-0.2, -0.15) is 0 Å². The Bertz CT molecular complexity index is 230. The molecular formula is C7H14Cl4N2. The molecule has 0 bridgehead atoms. The van der Waals surface area contributed by atoms with Crippen molar-refractivity contribution in [2.75, 3.05) is 11.5 Å². The number of nitrogen functional groups attached to an aromatic ring is 2. The molecule has 2 nitrogen and oxygen atoms in total. The molecule has 0 saturated heterocycles. The van der Waals surface area contributed by atoms with Crippen LogP contribution in [0.1, 0.15) is 5.56 Å². The Morgan fingerprint density at radius 1 is 0.923 bits per heavy atom. The lowest BCUT2D eigenvalue weighted by Gasteiger charge is -1.98. The molecule has 0 aromatic heterocycles. The molecule has 13 heavy (non-hydrogen) atoms. The molecule has 0 aliphatic carbocycles. The Balaban J connectivity index is -0.000000101. The number of nitrogens with two attached hydrogens (primary N) is 2. The number of benzene rings is 1. The summed E-state index contributed by atoms with van der Waals surface area (Å²) >= 11 is 0. The van der Waals surface area contributed by atoms with Crippen molar-refractivity contribution < 1.29 is 0 Å². The van der Waals surface area contributed by atoms with Gasteiger partial charge in [-0.15, -0.1) is 49.6 Å². The fourth-order valence-electron chi connectivity index (χ4n) is 0.699. The molecule has 0 atom stereocenters. The van der Waals surface area contributed by atoms with E-state index in [1.165, 1.54) is 0 Å². The Morgan fingerprint density at radius 3 is 1.69 bits per heavy atom. The third-order valence-corrected chi connectivity index (χ3v) is 1.29. The molecule has 0 aliphatic rings. The van der Waals surface area contributed by atoms with Crippen molar-refractivity contribution in [2.45, 2.75) is 6.92 Å². The predicted octanol–water partition coefficient (Wildman–Crippen LogP) is 2.85. The van der Waals surface area contributed by atoms with E-state index < -0.39 is 0 Å². The number of aryl methyl sites for hydroxylation is 1. The lowest BCUT2D eigenvalue weighted by molar-refractivity contribution is 1.47. The molecule has 1 rings (SSSR count). The van der Waals surface area contributed by atoms with Gasteiger partial charge in [0.1, 0.15) is 0 Å². The maximum absolute atomic E-state index is 5.53. The molecule has 4 N–H and O–H groups in total.